The molecule has 102 valence electrons. The van der Waals surface area contributed by atoms with E-state index < -0.39 is 0 Å². The maximum atomic E-state index is 11.2. The number of rotatable bonds is 3. The van der Waals surface area contributed by atoms with Gasteiger partial charge in [-0.05, 0) is 67.3 Å². The summed E-state index contributed by atoms with van der Waals surface area (Å²) >= 11 is 18.7. The van der Waals surface area contributed by atoms with Gasteiger partial charge in [0.2, 0.25) is 0 Å². The number of carbonyl (C=O) groups is 2. The second-order valence-electron chi connectivity index (χ2n) is 3.94. The minimum atomic E-state index is 0.419. The molecule has 0 heterocycles. The fourth-order valence-electron chi connectivity index (χ4n) is 1.79. The maximum absolute atomic E-state index is 11.2. The Hall–Kier alpha value is -0.680. The van der Waals surface area contributed by atoms with Gasteiger partial charge in [0.1, 0.15) is 0 Å². The van der Waals surface area contributed by atoms with E-state index in [1.54, 1.807) is 24.3 Å². The molecular formula is C14H6Br2Cl2O2. The monoisotopic (exact) mass is 434 g/mol. The Morgan fingerprint density at radius 3 is 1.40 bits per heavy atom. The highest BCUT2D eigenvalue weighted by Gasteiger charge is 2.14. The summed E-state index contributed by atoms with van der Waals surface area (Å²) in [5, 5.41) is 0.892. The van der Waals surface area contributed by atoms with Crippen LogP contribution in [-0.2, 0) is 0 Å². The highest BCUT2D eigenvalue weighted by molar-refractivity contribution is 9.10. The van der Waals surface area contributed by atoms with Crippen molar-refractivity contribution in [1.82, 2.24) is 0 Å². The highest BCUT2D eigenvalue weighted by atomic mass is 79.9. The number of hydrogen-bond acceptors (Lipinski definition) is 2. The molecule has 2 aromatic carbocycles. The van der Waals surface area contributed by atoms with Crippen LogP contribution >= 0.6 is 55.1 Å². The molecule has 0 atom stereocenters. The van der Waals surface area contributed by atoms with Gasteiger partial charge in [0.25, 0.3) is 0 Å². The standard InChI is InChI=1S/C14H6Br2Cl2O2/c15-11-1-7(5-19)9(3-13(11)17)10-4-14(18)12(16)2-8(10)6-20/h1-6H. The van der Waals surface area contributed by atoms with Gasteiger partial charge in [-0.1, -0.05) is 23.2 Å². The average Bonchev–Trinajstić information content (AvgIpc) is 2.43. The van der Waals surface area contributed by atoms with E-state index >= 15 is 0 Å². The van der Waals surface area contributed by atoms with Crippen molar-refractivity contribution in [2.45, 2.75) is 0 Å². The molecule has 0 radical (unpaired) electrons. The molecule has 0 aliphatic heterocycles. The zero-order valence-corrected chi connectivity index (χ0v) is 14.5. The van der Waals surface area contributed by atoms with Gasteiger partial charge in [0.15, 0.2) is 12.6 Å². The fraction of sp³-hybridized carbons (Fsp3) is 0. The predicted molar refractivity (Wildman–Crippen MR) is 88.1 cm³/mol. The van der Waals surface area contributed by atoms with Crippen molar-refractivity contribution >= 4 is 67.6 Å². The van der Waals surface area contributed by atoms with Crippen LogP contribution in [0.1, 0.15) is 20.7 Å². The summed E-state index contributed by atoms with van der Waals surface area (Å²) in [7, 11) is 0. The Kier molecular flexibility index (Phi) is 5.02. The van der Waals surface area contributed by atoms with E-state index in [0.717, 1.165) is 0 Å². The van der Waals surface area contributed by atoms with Gasteiger partial charge in [0, 0.05) is 20.1 Å². The molecule has 2 aromatic rings. The third-order valence-electron chi connectivity index (χ3n) is 2.73. The number of aldehydes is 2. The van der Waals surface area contributed by atoms with E-state index in [0.29, 0.717) is 53.8 Å². The zero-order chi connectivity index (χ0) is 14.9. The van der Waals surface area contributed by atoms with Gasteiger partial charge in [-0.3, -0.25) is 9.59 Å². The van der Waals surface area contributed by atoms with Gasteiger partial charge < -0.3 is 0 Å². The van der Waals surface area contributed by atoms with E-state index in [9.17, 15) is 9.59 Å². The van der Waals surface area contributed by atoms with Crippen molar-refractivity contribution in [2.24, 2.45) is 0 Å². The topological polar surface area (TPSA) is 34.1 Å². The zero-order valence-electron chi connectivity index (χ0n) is 9.79. The van der Waals surface area contributed by atoms with E-state index in [1.807, 2.05) is 0 Å². The van der Waals surface area contributed by atoms with Gasteiger partial charge in [-0.15, -0.1) is 0 Å². The molecule has 0 saturated heterocycles. The molecule has 0 N–H and O–H groups in total. The first kappa shape index (κ1) is 15.7. The Morgan fingerprint density at radius 1 is 0.750 bits per heavy atom. The Balaban J connectivity index is 2.80. The number of hydrogen-bond donors (Lipinski definition) is 0. The quantitative estimate of drug-likeness (QED) is 0.569. The highest BCUT2D eigenvalue weighted by Crippen LogP contribution is 2.36. The van der Waals surface area contributed by atoms with E-state index in [4.69, 9.17) is 23.2 Å². The lowest BCUT2D eigenvalue weighted by Crippen LogP contribution is -1.94. The van der Waals surface area contributed by atoms with Crippen molar-refractivity contribution in [3.05, 3.63) is 54.4 Å². The molecule has 2 nitrogen and oxygen atoms in total. The third kappa shape index (κ3) is 2.98. The molecule has 0 saturated carbocycles. The van der Waals surface area contributed by atoms with Crippen LogP contribution in [-0.4, -0.2) is 12.6 Å². The second-order valence-corrected chi connectivity index (χ2v) is 6.47. The fourth-order valence-corrected chi connectivity index (χ4v) is 2.84. The molecule has 0 spiro atoms. The van der Waals surface area contributed by atoms with E-state index in [1.165, 1.54) is 0 Å². The summed E-state index contributed by atoms with van der Waals surface area (Å²) in [6, 6.07) is 6.47. The normalized spacial score (nSPS) is 10.4. The Labute approximate surface area is 142 Å². The first-order chi connectivity index (χ1) is 9.47. The van der Waals surface area contributed by atoms with Crippen molar-refractivity contribution < 1.29 is 9.59 Å². The summed E-state index contributed by atoms with van der Waals surface area (Å²) in [5.41, 5.74) is 1.96. The molecular weight excluding hydrogens is 431 g/mol. The lowest BCUT2D eigenvalue weighted by molar-refractivity contribution is 0.111. The molecule has 0 amide bonds. The minimum Gasteiger partial charge on any atom is -0.298 e. The molecule has 0 unspecified atom stereocenters. The van der Waals surface area contributed by atoms with Crippen molar-refractivity contribution in [2.75, 3.05) is 0 Å². The van der Waals surface area contributed by atoms with Crippen molar-refractivity contribution in [1.29, 1.82) is 0 Å². The molecule has 0 aromatic heterocycles. The molecule has 6 heteroatoms. The molecule has 20 heavy (non-hydrogen) atoms. The smallest absolute Gasteiger partial charge is 0.150 e. The number of carbonyl (C=O) groups excluding carboxylic acids is 2. The second kappa shape index (κ2) is 6.39. The van der Waals surface area contributed by atoms with Crippen LogP contribution in [0.5, 0.6) is 0 Å². The average molecular weight is 437 g/mol. The largest absolute Gasteiger partial charge is 0.298 e. The summed E-state index contributed by atoms with van der Waals surface area (Å²) in [5.74, 6) is 0. The molecule has 2 rings (SSSR count). The van der Waals surface area contributed by atoms with Gasteiger partial charge in [-0.2, -0.15) is 0 Å². The van der Waals surface area contributed by atoms with Crippen LogP contribution in [0, 0.1) is 0 Å². The number of halogens is 4. The molecule has 0 aliphatic rings. The first-order valence-corrected chi connectivity index (χ1v) is 7.71. The third-order valence-corrected chi connectivity index (χ3v) is 5.12. The van der Waals surface area contributed by atoms with Crippen LogP contribution in [0.25, 0.3) is 11.1 Å². The van der Waals surface area contributed by atoms with Gasteiger partial charge in [0.05, 0.1) is 10.0 Å². The number of benzene rings is 2. The van der Waals surface area contributed by atoms with Crippen LogP contribution in [0.3, 0.4) is 0 Å². The van der Waals surface area contributed by atoms with Gasteiger partial charge in [-0.25, -0.2) is 0 Å². The van der Waals surface area contributed by atoms with Crippen LogP contribution in [0.4, 0.5) is 0 Å². The first-order valence-electron chi connectivity index (χ1n) is 5.36. The lowest BCUT2D eigenvalue weighted by atomic mass is 9.96. The predicted octanol–water partition coefficient (Wildman–Crippen LogP) is 5.81. The Bertz CT molecular complexity index is 653. The van der Waals surface area contributed by atoms with Crippen molar-refractivity contribution in [3.63, 3.8) is 0 Å². The lowest BCUT2D eigenvalue weighted by Gasteiger charge is -2.11. The summed E-state index contributed by atoms with van der Waals surface area (Å²) in [4.78, 5) is 22.4. The molecule has 0 bridgehead atoms. The summed E-state index contributed by atoms with van der Waals surface area (Å²) < 4.78 is 1.22. The molecule has 0 fully saturated rings. The van der Waals surface area contributed by atoms with Crippen molar-refractivity contribution in [3.8, 4) is 11.1 Å². The van der Waals surface area contributed by atoms with Crippen LogP contribution in [0.15, 0.2) is 33.2 Å². The van der Waals surface area contributed by atoms with E-state index in [2.05, 4.69) is 31.9 Å². The summed E-state index contributed by atoms with van der Waals surface area (Å²) in [6.07, 6.45) is 1.42. The van der Waals surface area contributed by atoms with Gasteiger partial charge >= 0.3 is 0 Å². The molecule has 0 aliphatic carbocycles. The van der Waals surface area contributed by atoms with Crippen LogP contribution in [0.2, 0.25) is 10.0 Å². The Morgan fingerprint density at radius 2 is 1.10 bits per heavy atom. The summed E-state index contributed by atoms with van der Waals surface area (Å²) in [6.45, 7) is 0. The minimum absolute atomic E-state index is 0.419. The SMILES string of the molecule is O=Cc1cc(Br)c(Cl)cc1-c1cc(Cl)c(Br)cc1C=O. The van der Waals surface area contributed by atoms with E-state index in [-0.39, 0.29) is 0 Å². The van der Waals surface area contributed by atoms with Crippen LogP contribution < -0.4 is 0 Å². The maximum Gasteiger partial charge on any atom is 0.150 e.